The molecule has 3 rings (SSSR count). The molecule has 1 amide bonds. The van der Waals surface area contributed by atoms with E-state index in [-0.39, 0.29) is 24.0 Å². The summed E-state index contributed by atoms with van der Waals surface area (Å²) in [5, 5.41) is 11.9. The first-order valence-electron chi connectivity index (χ1n) is 8.67. The van der Waals surface area contributed by atoms with Crippen molar-refractivity contribution < 1.29 is 9.18 Å². The fraction of sp³-hybridized carbons (Fsp3) is 0.200. The van der Waals surface area contributed by atoms with Gasteiger partial charge in [-0.2, -0.15) is 0 Å². The highest BCUT2D eigenvalue weighted by atomic mass is 32.2. The molecule has 0 radical (unpaired) electrons. The number of allylic oxidation sites excluding steroid dienone is 1. The molecule has 0 bridgehead atoms. The van der Waals surface area contributed by atoms with Gasteiger partial charge >= 0.3 is 0 Å². The van der Waals surface area contributed by atoms with Crippen molar-refractivity contribution in [3.63, 3.8) is 0 Å². The van der Waals surface area contributed by atoms with E-state index in [1.807, 2.05) is 16.7 Å². The number of hydrogen-bond acceptors (Lipinski definition) is 5. The highest BCUT2D eigenvalue weighted by Gasteiger charge is 2.15. The highest BCUT2D eigenvalue weighted by Crippen LogP contribution is 2.23. The van der Waals surface area contributed by atoms with Crippen molar-refractivity contribution in [2.75, 3.05) is 5.75 Å². The van der Waals surface area contributed by atoms with Crippen LogP contribution < -0.4 is 5.32 Å². The van der Waals surface area contributed by atoms with Gasteiger partial charge in [0.1, 0.15) is 5.82 Å². The highest BCUT2D eigenvalue weighted by molar-refractivity contribution is 7.99. The summed E-state index contributed by atoms with van der Waals surface area (Å²) in [7, 11) is 0. The lowest BCUT2D eigenvalue weighted by atomic mass is 10.1. The number of thioether (sulfide) groups is 1. The molecule has 2 heterocycles. The number of hydrogen-bond donors (Lipinski definition) is 1. The zero-order valence-electron chi connectivity index (χ0n) is 15.4. The number of benzene rings is 1. The zero-order valence-corrected chi connectivity index (χ0v) is 16.2. The van der Waals surface area contributed by atoms with Crippen LogP contribution in [0.3, 0.4) is 0 Å². The minimum atomic E-state index is -0.276. The Labute approximate surface area is 166 Å². The number of amides is 1. The van der Waals surface area contributed by atoms with E-state index in [2.05, 4.69) is 27.1 Å². The molecule has 1 aromatic carbocycles. The van der Waals surface area contributed by atoms with Crippen LogP contribution in [0.25, 0.3) is 11.4 Å². The molecular formula is C20H20FN5OS. The normalized spacial score (nSPS) is 10.6. The first-order chi connectivity index (χ1) is 13.6. The van der Waals surface area contributed by atoms with Gasteiger partial charge in [-0.1, -0.05) is 30.0 Å². The number of nitrogens with zero attached hydrogens (tertiary/aromatic N) is 4. The molecule has 0 aliphatic carbocycles. The summed E-state index contributed by atoms with van der Waals surface area (Å²) in [6.07, 6.45) is 5.14. The van der Waals surface area contributed by atoms with Crippen LogP contribution in [0, 0.1) is 12.7 Å². The van der Waals surface area contributed by atoms with E-state index in [4.69, 9.17) is 0 Å². The Morgan fingerprint density at radius 1 is 1.29 bits per heavy atom. The van der Waals surface area contributed by atoms with Crippen LogP contribution in [0.5, 0.6) is 0 Å². The number of rotatable bonds is 8. The number of aromatic nitrogens is 4. The van der Waals surface area contributed by atoms with Crippen LogP contribution in [-0.2, 0) is 17.9 Å². The predicted octanol–water partition coefficient (Wildman–Crippen LogP) is 3.38. The lowest BCUT2D eigenvalue weighted by molar-refractivity contribution is -0.118. The van der Waals surface area contributed by atoms with E-state index < -0.39 is 0 Å². The molecule has 144 valence electrons. The van der Waals surface area contributed by atoms with Gasteiger partial charge in [0.15, 0.2) is 11.0 Å². The molecule has 2 aromatic heterocycles. The average Bonchev–Trinajstić information content (AvgIpc) is 3.11. The monoisotopic (exact) mass is 397 g/mol. The molecule has 0 atom stereocenters. The van der Waals surface area contributed by atoms with E-state index in [1.54, 1.807) is 37.5 Å². The second kappa shape index (κ2) is 9.27. The summed E-state index contributed by atoms with van der Waals surface area (Å²) in [6, 6.07) is 8.64. The number of halogens is 1. The lowest BCUT2D eigenvalue weighted by Gasteiger charge is -2.08. The molecule has 8 heteroatoms. The minimum Gasteiger partial charge on any atom is -0.351 e. The standard InChI is InChI=1S/C20H20FN5OS/c1-3-10-26-19(16-6-8-22-9-7-16)24-25-20(26)28-13-18(27)23-12-15-5-4-14(2)17(21)11-15/h3-9,11H,1,10,12-13H2,2H3,(H,23,27). The summed E-state index contributed by atoms with van der Waals surface area (Å²) in [5.74, 6) is 0.437. The summed E-state index contributed by atoms with van der Waals surface area (Å²) < 4.78 is 15.5. The Kier molecular flexibility index (Phi) is 6.54. The van der Waals surface area contributed by atoms with E-state index >= 15 is 0 Å². The Hall–Kier alpha value is -3.00. The van der Waals surface area contributed by atoms with Gasteiger partial charge in [0.2, 0.25) is 5.91 Å². The van der Waals surface area contributed by atoms with Crippen LogP contribution in [0.1, 0.15) is 11.1 Å². The van der Waals surface area contributed by atoms with Crippen LogP contribution in [0.2, 0.25) is 0 Å². The number of carbonyl (C=O) groups excluding carboxylic acids is 1. The number of carbonyl (C=O) groups is 1. The van der Waals surface area contributed by atoms with Crippen molar-refractivity contribution in [1.29, 1.82) is 0 Å². The molecule has 3 aromatic rings. The fourth-order valence-corrected chi connectivity index (χ4v) is 3.31. The van der Waals surface area contributed by atoms with Crippen molar-refractivity contribution >= 4 is 17.7 Å². The third kappa shape index (κ3) is 4.83. The Bertz CT molecular complexity index is 974. The Balaban J connectivity index is 1.62. The van der Waals surface area contributed by atoms with Gasteiger partial charge in [0.25, 0.3) is 0 Å². The molecule has 0 fully saturated rings. The summed E-state index contributed by atoms with van der Waals surface area (Å²) in [4.78, 5) is 16.2. The summed E-state index contributed by atoms with van der Waals surface area (Å²) >= 11 is 1.29. The molecule has 1 N–H and O–H groups in total. The topological polar surface area (TPSA) is 72.7 Å². The lowest BCUT2D eigenvalue weighted by Crippen LogP contribution is -2.24. The SMILES string of the molecule is C=CCn1c(SCC(=O)NCc2ccc(C)c(F)c2)nnc1-c1ccncc1. The minimum absolute atomic E-state index is 0.162. The number of nitrogens with one attached hydrogen (secondary N) is 1. The zero-order chi connectivity index (χ0) is 19.9. The molecular weight excluding hydrogens is 377 g/mol. The van der Waals surface area contributed by atoms with Gasteiger partial charge in [-0.05, 0) is 36.2 Å². The maximum Gasteiger partial charge on any atom is 0.230 e. The molecule has 0 spiro atoms. The summed E-state index contributed by atoms with van der Waals surface area (Å²) in [6.45, 7) is 6.28. The van der Waals surface area contributed by atoms with E-state index in [0.29, 0.717) is 23.1 Å². The van der Waals surface area contributed by atoms with Crippen molar-refractivity contribution in [2.45, 2.75) is 25.2 Å². The van der Waals surface area contributed by atoms with Gasteiger partial charge < -0.3 is 5.32 Å². The second-order valence-corrected chi connectivity index (χ2v) is 7.03. The van der Waals surface area contributed by atoms with Gasteiger partial charge in [-0.3, -0.25) is 14.3 Å². The molecule has 0 saturated heterocycles. The maximum atomic E-state index is 13.6. The summed E-state index contributed by atoms with van der Waals surface area (Å²) in [5.41, 5.74) is 2.19. The largest absolute Gasteiger partial charge is 0.351 e. The molecule has 0 saturated carbocycles. The van der Waals surface area contributed by atoms with E-state index in [9.17, 15) is 9.18 Å². The van der Waals surface area contributed by atoms with Gasteiger partial charge in [-0.25, -0.2) is 4.39 Å². The first-order valence-corrected chi connectivity index (χ1v) is 9.66. The molecule has 0 aliphatic rings. The predicted molar refractivity (Wildman–Crippen MR) is 107 cm³/mol. The maximum absolute atomic E-state index is 13.6. The molecule has 0 aliphatic heterocycles. The van der Waals surface area contributed by atoms with Crippen LogP contribution in [-0.4, -0.2) is 31.4 Å². The number of pyridine rings is 1. The van der Waals surface area contributed by atoms with Crippen molar-refractivity contribution in [3.8, 4) is 11.4 Å². The Morgan fingerprint density at radius 3 is 2.79 bits per heavy atom. The van der Waals surface area contributed by atoms with Crippen molar-refractivity contribution in [3.05, 3.63) is 72.3 Å². The Morgan fingerprint density at radius 2 is 2.07 bits per heavy atom. The van der Waals surface area contributed by atoms with Crippen molar-refractivity contribution in [2.24, 2.45) is 0 Å². The third-order valence-corrected chi connectivity index (χ3v) is 4.99. The molecule has 28 heavy (non-hydrogen) atoms. The molecule has 6 nitrogen and oxygen atoms in total. The third-order valence-electron chi connectivity index (χ3n) is 4.03. The smallest absolute Gasteiger partial charge is 0.230 e. The van der Waals surface area contributed by atoms with Gasteiger partial charge in [0, 0.05) is 31.0 Å². The second-order valence-electron chi connectivity index (χ2n) is 6.09. The van der Waals surface area contributed by atoms with Gasteiger partial charge in [0.05, 0.1) is 5.75 Å². The van der Waals surface area contributed by atoms with Gasteiger partial charge in [-0.15, -0.1) is 16.8 Å². The fourth-order valence-electron chi connectivity index (χ4n) is 2.53. The van der Waals surface area contributed by atoms with E-state index in [0.717, 1.165) is 11.1 Å². The first kappa shape index (κ1) is 19.8. The average molecular weight is 397 g/mol. The number of aryl methyl sites for hydroxylation is 1. The van der Waals surface area contributed by atoms with Crippen LogP contribution >= 0.6 is 11.8 Å². The van der Waals surface area contributed by atoms with Crippen molar-refractivity contribution in [1.82, 2.24) is 25.1 Å². The van der Waals surface area contributed by atoms with Crippen LogP contribution in [0.4, 0.5) is 4.39 Å². The molecule has 0 unspecified atom stereocenters. The quantitative estimate of drug-likeness (QED) is 0.466. The van der Waals surface area contributed by atoms with Crippen LogP contribution in [0.15, 0.2) is 60.5 Å². The van der Waals surface area contributed by atoms with E-state index in [1.165, 1.54) is 17.8 Å².